The molecule has 3 nitrogen and oxygen atoms in total. The number of rotatable bonds is 7. The molecule has 0 saturated heterocycles. The molecule has 24 heavy (non-hydrogen) atoms. The molecule has 0 aliphatic heterocycles. The molecular weight excluding hydrogens is 353 g/mol. The van der Waals surface area contributed by atoms with Crippen molar-refractivity contribution in [1.29, 1.82) is 5.26 Å². The highest BCUT2D eigenvalue weighted by atomic mass is 32.4. The summed E-state index contributed by atoms with van der Waals surface area (Å²) >= 11 is 0. The zero-order chi connectivity index (χ0) is 18.6. The van der Waals surface area contributed by atoms with Crippen molar-refractivity contribution >= 4 is 25.3 Å². The van der Waals surface area contributed by atoms with Crippen molar-refractivity contribution in [3.63, 3.8) is 0 Å². The Labute approximate surface area is 153 Å². The topological polar surface area (TPSA) is 37.4 Å². The summed E-state index contributed by atoms with van der Waals surface area (Å²) in [6, 6.07) is 8.63. The van der Waals surface area contributed by atoms with E-state index < -0.39 is 7.45 Å². The summed E-state index contributed by atoms with van der Waals surface area (Å²) < 4.78 is 8.94. The van der Waals surface area contributed by atoms with Crippen LogP contribution in [0.1, 0.15) is 50.7 Å². The van der Waals surface area contributed by atoms with Crippen LogP contribution in [0.3, 0.4) is 0 Å². The highest BCUT2D eigenvalue weighted by molar-refractivity contribution is 8.44. The molecule has 0 radical (unpaired) electrons. The standard InChI is InChI=1S/C17H25NO.CH4NP3/c1-14-8-9-15(2)16(12-14)19-11-7-5-6-10-17(3,4)13-18;1-2-5(3)4/h8-9,12H,5-7,10-11H2,1-4H3;3-4H2. The van der Waals surface area contributed by atoms with Gasteiger partial charge in [-0.25, -0.2) is 6.57 Å². The summed E-state index contributed by atoms with van der Waals surface area (Å²) in [5.41, 5.74) is 2.24. The van der Waals surface area contributed by atoms with Crippen LogP contribution in [-0.2, 0) is 0 Å². The molecule has 0 aliphatic rings. The maximum absolute atomic E-state index is 8.93. The van der Waals surface area contributed by atoms with Crippen LogP contribution >= 0.6 is 25.3 Å². The van der Waals surface area contributed by atoms with E-state index in [-0.39, 0.29) is 5.41 Å². The fraction of sp³-hybridized carbons (Fsp3) is 0.556. The van der Waals surface area contributed by atoms with Gasteiger partial charge in [-0.15, -0.1) is 0 Å². The van der Waals surface area contributed by atoms with E-state index in [1.807, 2.05) is 13.8 Å². The summed E-state index contributed by atoms with van der Waals surface area (Å²) in [4.78, 5) is 0. The van der Waals surface area contributed by atoms with E-state index in [0.717, 1.165) is 38.0 Å². The minimum absolute atomic E-state index is 0.187. The van der Waals surface area contributed by atoms with E-state index in [1.54, 1.807) is 0 Å². The fourth-order valence-electron chi connectivity index (χ4n) is 1.95. The van der Waals surface area contributed by atoms with Gasteiger partial charge >= 0.3 is 0 Å². The summed E-state index contributed by atoms with van der Waals surface area (Å²) in [7, 11) is 4.34. The minimum Gasteiger partial charge on any atom is -0.493 e. The zero-order valence-corrected chi connectivity index (χ0v) is 18.4. The highest BCUT2D eigenvalue weighted by Crippen LogP contribution is 2.53. The molecule has 0 spiro atoms. The first-order valence-corrected chi connectivity index (χ1v) is 12.5. The molecule has 0 aliphatic carbocycles. The minimum atomic E-state index is -0.473. The molecule has 1 rings (SSSR count). The summed E-state index contributed by atoms with van der Waals surface area (Å²) in [6.07, 6.45) is 4.23. The second-order valence-electron chi connectivity index (χ2n) is 6.40. The Morgan fingerprint density at radius 2 is 1.88 bits per heavy atom. The Morgan fingerprint density at radius 3 is 2.42 bits per heavy atom. The van der Waals surface area contributed by atoms with Gasteiger partial charge in [0.1, 0.15) is 5.75 Å². The molecule has 6 heteroatoms. The Kier molecular flexibility index (Phi) is 12.3. The van der Waals surface area contributed by atoms with Gasteiger partial charge in [-0.05, 0) is 75.6 Å². The predicted molar refractivity (Wildman–Crippen MR) is 112 cm³/mol. The monoisotopic (exact) mass is 382 g/mol. The Balaban J connectivity index is 0.000000922. The third kappa shape index (κ3) is 11.8. The molecule has 2 unspecified atom stereocenters. The van der Waals surface area contributed by atoms with Gasteiger partial charge in [0, 0.05) is 0 Å². The van der Waals surface area contributed by atoms with Crippen molar-refractivity contribution in [3.8, 4) is 11.8 Å². The van der Waals surface area contributed by atoms with Crippen molar-refractivity contribution in [2.75, 3.05) is 6.61 Å². The van der Waals surface area contributed by atoms with Gasteiger partial charge in [0.05, 0.1) is 18.1 Å². The molecule has 0 heterocycles. The summed E-state index contributed by atoms with van der Waals surface area (Å²) in [5.74, 6) is 0.998. The third-order valence-electron chi connectivity index (χ3n) is 3.47. The smallest absolute Gasteiger partial charge is 0.299 e. The molecule has 0 bridgehead atoms. The van der Waals surface area contributed by atoms with E-state index in [4.69, 9.17) is 16.6 Å². The number of unbranched alkanes of at least 4 members (excludes halogenated alkanes) is 2. The van der Waals surface area contributed by atoms with Crippen LogP contribution in [0.15, 0.2) is 18.2 Å². The number of benzene rings is 1. The van der Waals surface area contributed by atoms with E-state index in [0.29, 0.717) is 0 Å². The number of hydrogen-bond acceptors (Lipinski definition) is 2. The van der Waals surface area contributed by atoms with Crippen molar-refractivity contribution in [2.45, 2.75) is 53.4 Å². The molecule has 1 aromatic rings. The predicted octanol–water partition coefficient (Wildman–Crippen LogP) is 6.68. The quantitative estimate of drug-likeness (QED) is 0.300. The van der Waals surface area contributed by atoms with Gasteiger partial charge in [0.15, 0.2) is 0 Å². The lowest BCUT2D eigenvalue weighted by atomic mass is 9.89. The molecule has 0 fully saturated rings. The first-order chi connectivity index (χ1) is 11.2. The number of nitriles is 1. The Bertz CT molecular complexity index is 575. The van der Waals surface area contributed by atoms with Crippen molar-refractivity contribution in [3.05, 3.63) is 40.5 Å². The average Bonchev–Trinajstić information content (AvgIpc) is 2.54. The number of hydrogen-bond donors (Lipinski definition) is 0. The van der Waals surface area contributed by atoms with Gasteiger partial charge in [-0.1, -0.05) is 25.0 Å². The SMILES string of the molecule is Cc1ccc(C)c(OCCCCCC(C)(C)C#N)c1.[C-]#[N+]P(P)P. The molecule has 0 saturated carbocycles. The van der Waals surface area contributed by atoms with Crippen molar-refractivity contribution < 1.29 is 4.74 Å². The van der Waals surface area contributed by atoms with Gasteiger partial charge in [0.2, 0.25) is 0 Å². The lowest BCUT2D eigenvalue weighted by Gasteiger charge is -2.14. The van der Waals surface area contributed by atoms with Crippen LogP contribution in [-0.4, -0.2) is 6.61 Å². The second kappa shape index (κ2) is 12.6. The van der Waals surface area contributed by atoms with Gasteiger partial charge in [-0.3, -0.25) is 4.62 Å². The fourth-order valence-corrected chi connectivity index (χ4v) is 1.95. The van der Waals surface area contributed by atoms with Crippen LogP contribution in [0.5, 0.6) is 5.75 Å². The number of ether oxygens (including phenoxy) is 1. The van der Waals surface area contributed by atoms with Crippen LogP contribution in [0.2, 0.25) is 0 Å². The number of nitrogens with zero attached hydrogens (tertiary/aromatic N) is 2. The molecular formula is C18H29N2OP3. The first kappa shape index (κ1) is 23.3. The largest absolute Gasteiger partial charge is 0.493 e. The first-order valence-electron chi connectivity index (χ1n) is 8.00. The normalized spacial score (nSPS) is 10.4. The summed E-state index contributed by atoms with van der Waals surface area (Å²) in [5, 5.41) is 8.93. The van der Waals surface area contributed by atoms with Gasteiger partial charge in [0.25, 0.3) is 7.45 Å². The highest BCUT2D eigenvalue weighted by Gasteiger charge is 2.15. The van der Waals surface area contributed by atoms with Gasteiger partial charge < -0.3 is 4.74 Å². The van der Waals surface area contributed by atoms with Crippen LogP contribution in [0, 0.1) is 37.2 Å². The lowest BCUT2D eigenvalue weighted by Crippen LogP contribution is -2.07. The van der Waals surface area contributed by atoms with E-state index in [2.05, 4.69) is 60.6 Å². The maximum Gasteiger partial charge on any atom is 0.299 e. The van der Waals surface area contributed by atoms with E-state index in [1.165, 1.54) is 11.1 Å². The van der Waals surface area contributed by atoms with Gasteiger partial charge in [-0.2, -0.15) is 5.26 Å². The Hall–Kier alpha value is -0.710. The molecule has 0 N–H and O–H groups in total. The number of aryl methyl sites for hydroxylation is 2. The molecule has 2 atom stereocenters. The molecule has 132 valence electrons. The van der Waals surface area contributed by atoms with Crippen LogP contribution < -0.4 is 4.74 Å². The lowest BCUT2D eigenvalue weighted by molar-refractivity contribution is 0.298. The van der Waals surface area contributed by atoms with Crippen LogP contribution in [0.4, 0.5) is 0 Å². The zero-order valence-electron chi connectivity index (χ0n) is 15.2. The maximum atomic E-state index is 8.93. The summed E-state index contributed by atoms with van der Waals surface area (Å²) in [6.45, 7) is 15.2. The third-order valence-corrected chi connectivity index (χ3v) is 4.39. The van der Waals surface area contributed by atoms with E-state index in [9.17, 15) is 0 Å². The second-order valence-corrected chi connectivity index (χ2v) is 12.3. The average molecular weight is 382 g/mol. The van der Waals surface area contributed by atoms with Crippen LogP contribution in [0.25, 0.3) is 4.62 Å². The van der Waals surface area contributed by atoms with Crippen molar-refractivity contribution in [2.24, 2.45) is 5.41 Å². The molecule has 1 aromatic carbocycles. The van der Waals surface area contributed by atoms with E-state index >= 15 is 0 Å². The molecule has 0 amide bonds. The molecule has 0 aromatic heterocycles. The van der Waals surface area contributed by atoms with Crippen molar-refractivity contribution in [1.82, 2.24) is 0 Å². The Morgan fingerprint density at radius 1 is 1.25 bits per heavy atom.